The lowest BCUT2D eigenvalue weighted by molar-refractivity contribution is -0.0395. The monoisotopic (exact) mass is 1880 g/mol. The van der Waals surface area contributed by atoms with Crippen LogP contribution in [0, 0.1) is 11.9 Å². The highest BCUT2D eigenvalue weighted by atomic mass is 79.9. The van der Waals surface area contributed by atoms with E-state index in [2.05, 4.69) is 67.9 Å². The fourth-order valence-corrected chi connectivity index (χ4v) is 18.3. The molecule has 5 aliphatic heterocycles. The van der Waals surface area contributed by atoms with Crippen molar-refractivity contribution in [2.24, 2.45) is 0 Å². The molecule has 5 aliphatic rings. The van der Waals surface area contributed by atoms with Crippen LogP contribution in [0.1, 0.15) is 130 Å². The fraction of sp³-hybridized carbons (Fsp3) is 0.333. The molecule has 5 saturated heterocycles. The van der Waals surface area contributed by atoms with Crippen molar-refractivity contribution in [1.29, 1.82) is 0 Å². The van der Waals surface area contributed by atoms with Crippen molar-refractivity contribution in [3.8, 4) is 11.8 Å². The zero-order chi connectivity index (χ0) is 93.5. The van der Waals surface area contributed by atoms with Gasteiger partial charge in [-0.1, -0.05) is 137 Å². The number of aromatic nitrogens is 12. The van der Waals surface area contributed by atoms with Crippen molar-refractivity contribution in [2.45, 2.75) is 152 Å². The lowest BCUT2D eigenvalue weighted by atomic mass is 9.75. The molecule has 16 aromatic rings. The van der Waals surface area contributed by atoms with Crippen LogP contribution in [0.4, 0.5) is 8.78 Å². The smallest absolute Gasteiger partial charge is 0.478 e. The van der Waals surface area contributed by atoms with Gasteiger partial charge in [-0.25, -0.2) is 39.9 Å². The van der Waals surface area contributed by atoms with Gasteiger partial charge in [-0.3, -0.25) is 37.4 Å². The number of benzene rings is 8. The van der Waals surface area contributed by atoms with Gasteiger partial charge in [-0.2, -0.15) is 8.78 Å². The SMILES string of the molecule is CC1(C)OB(c2cc3c(=O)n([C@H]4CCOC[C@@H]4O)cnc3c3ccccc23)OC1(C)C.CCOc1ccc(Cc2cc3c(=O)n([C@H]4CCOC[C@@H]4O)cnc3c3ccccc23)cn1.CCOc1ccc(Cc2cc3c(=O)n([C@H]4CCOC[C@@H]4O)cnc3c3ccccc23)cn1.Fc1ccc(CBr)cn1.O=c1c2cc(Cc3ccc(F)nc3)c3ccccc3c2ncn1[C@H]1CCOC[C@@H]1O. The van der Waals surface area contributed by atoms with Crippen molar-refractivity contribution in [3.05, 3.63) is 312 Å². The van der Waals surface area contributed by atoms with Crippen LogP contribution in [0.15, 0.2) is 239 Å². The molecule has 32 heteroatoms. The van der Waals surface area contributed by atoms with E-state index in [1.54, 1.807) is 40.2 Å². The standard InChI is InChI=1S/2C25H25N3O4.C23H27BN2O5.C23H20FN3O3.C6H5BrFN/c2*1-2-32-23-8-7-16(13-26-23)11-17-12-20-24(19-6-4-3-5-18(17)19)27-15-28(25(20)30)21-9-10-31-14-22(21)29;1-22(2)23(3,4)31-24(30-22)17-11-16-20(15-8-6-5-7-14(15)17)25-13-26(21(16)28)18-9-10-29-12-19(18)27;24-21-6-5-14(11-25-21)9-15-10-18-22(17-4-2-1-3-16(15)17)26-13-27(23(18)29)19-7-8-30-12-20(19)28;7-3-5-1-2-6(8)9-4-5/h2*3-8,12-13,15,21-22,29H,2,9-11,14H2,1H3;5-8,11,13,18-19,27H,9-10,12H2,1-4H3;1-6,10-11,13,19-20,28H,7-9,12H2;1-2,4H,3H2/t2*21-,22-;18-,19-;19-,20-;/m0000./s1. The zero-order valence-corrected chi connectivity index (χ0v) is 76.5. The minimum atomic E-state index is -0.749. The van der Waals surface area contributed by atoms with Gasteiger partial charge in [0.05, 0.1) is 168 Å². The highest BCUT2D eigenvalue weighted by Crippen LogP contribution is 2.39. The number of ether oxygens (including phenoxy) is 6. The normalized spacial score (nSPS) is 19.8. The van der Waals surface area contributed by atoms with E-state index in [1.165, 1.54) is 40.0 Å². The summed E-state index contributed by atoms with van der Waals surface area (Å²) in [5.41, 5.74) is 8.70. The number of aliphatic hydroxyl groups is 4. The molecule has 4 N–H and O–H groups in total. The van der Waals surface area contributed by atoms with Crippen LogP contribution in [0.25, 0.3) is 86.7 Å². The van der Waals surface area contributed by atoms with Crippen molar-refractivity contribution in [3.63, 3.8) is 0 Å². The molecule has 0 radical (unpaired) electrons. The second kappa shape index (κ2) is 41.2. The number of hydrogen-bond donors (Lipinski definition) is 4. The van der Waals surface area contributed by atoms with Gasteiger partial charge in [0.25, 0.3) is 22.2 Å². The number of pyridine rings is 4. The maximum Gasteiger partial charge on any atom is 0.495 e. The molecule has 21 rings (SSSR count). The lowest BCUT2D eigenvalue weighted by Crippen LogP contribution is -2.41. The van der Waals surface area contributed by atoms with Gasteiger partial charge in [0.2, 0.25) is 23.7 Å². The maximum atomic E-state index is 13.5. The summed E-state index contributed by atoms with van der Waals surface area (Å²) in [5, 5.41) is 52.0. The van der Waals surface area contributed by atoms with Gasteiger partial charge < -0.3 is 58.2 Å². The third-order valence-corrected chi connectivity index (χ3v) is 26.3. The van der Waals surface area contributed by atoms with Crippen LogP contribution in [0.3, 0.4) is 0 Å². The van der Waals surface area contributed by atoms with Crippen LogP contribution >= 0.6 is 15.9 Å². The Labute approximate surface area is 777 Å². The first-order valence-electron chi connectivity index (χ1n) is 44.9. The van der Waals surface area contributed by atoms with Crippen molar-refractivity contribution in [2.75, 3.05) is 66.1 Å². The molecule has 8 aromatic heterocycles. The summed E-state index contributed by atoms with van der Waals surface area (Å²) in [4.78, 5) is 88.3. The Morgan fingerprint density at radius 2 is 0.657 bits per heavy atom. The average molecular weight is 1880 g/mol. The van der Waals surface area contributed by atoms with E-state index >= 15 is 0 Å². The number of rotatable bonds is 16. The Balaban J connectivity index is 0.000000120. The molecular weight excluding hydrogens is 1780 g/mol. The molecule has 0 bridgehead atoms. The number of alkyl halides is 1. The summed E-state index contributed by atoms with van der Waals surface area (Å²) < 4.78 is 76.2. The van der Waals surface area contributed by atoms with Crippen molar-refractivity contribution < 1.29 is 66.9 Å². The van der Waals surface area contributed by atoms with Gasteiger partial charge in [-0.15, -0.1) is 0 Å². The van der Waals surface area contributed by atoms with E-state index in [9.17, 15) is 48.4 Å². The summed E-state index contributed by atoms with van der Waals surface area (Å²) in [6, 6.07) is 51.7. The number of hydrogen-bond acceptors (Lipinski definition) is 24. The molecule has 0 spiro atoms. The average Bonchev–Trinajstić information content (AvgIpc) is 1.42. The number of fused-ring (bicyclic) bond motifs is 12. The molecule has 134 heavy (non-hydrogen) atoms. The van der Waals surface area contributed by atoms with E-state index in [0.717, 1.165) is 92.8 Å². The lowest BCUT2D eigenvalue weighted by Gasteiger charge is -2.32. The molecule has 28 nitrogen and oxygen atoms in total. The molecule has 0 unspecified atom stereocenters. The first-order valence-corrected chi connectivity index (χ1v) is 46.0. The summed E-state index contributed by atoms with van der Waals surface area (Å²) in [5.74, 6) is 0.243. The predicted molar refractivity (Wildman–Crippen MR) is 512 cm³/mol. The quantitative estimate of drug-likeness (QED) is 0.0302. The number of aliphatic hydroxyl groups excluding tert-OH is 4. The molecule has 0 amide bonds. The zero-order valence-electron chi connectivity index (χ0n) is 74.9. The summed E-state index contributed by atoms with van der Waals surface area (Å²) >= 11 is 3.22. The highest BCUT2D eigenvalue weighted by molar-refractivity contribution is 9.08. The summed E-state index contributed by atoms with van der Waals surface area (Å²) in [7, 11) is -0.596. The third kappa shape index (κ3) is 19.9. The molecule has 13 heterocycles. The van der Waals surface area contributed by atoms with Gasteiger partial charge in [0, 0.05) is 90.2 Å². The largest absolute Gasteiger partial charge is 0.495 e. The molecule has 5 fully saturated rings. The third-order valence-electron chi connectivity index (χ3n) is 25.7. The van der Waals surface area contributed by atoms with Crippen LogP contribution in [0.5, 0.6) is 11.8 Å². The van der Waals surface area contributed by atoms with E-state index < -0.39 is 54.6 Å². The molecule has 0 aliphatic carbocycles. The second-order valence-electron chi connectivity index (χ2n) is 34.8. The topological polar surface area (TPSA) is 346 Å². The van der Waals surface area contributed by atoms with Gasteiger partial charge in [0.15, 0.2) is 0 Å². The summed E-state index contributed by atoms with van der Waals surface area (Å²) in [6.07, 6.45) is 13.9. The fourth-order valence-electron chi connectivity index (χ4n) is 18.0. The van der Waals surface area contributed by atoms with E-state index in [1.807, 2.05) is 187 Å². The van der Waals surface area contributed by atoms with Gasteiger partial charge in [0.1, 0.15) is 0 Å². The van der Waals surface area contributed by atoms with E-state index in [0.29, 0.717) is 140 Å². The molecule has 8 aromatic carbocycles. The molecule has 8 atom stereocenters. The van der Waals surface area contributed by atoms with Gasteiger partial charge in [-0.05, 0) is 189 Å². The van der Waals surface area contributed by atoms with Crippen LogP contribution in [-0.4, -0.2) is 187 Å². The number of nitrogens with zero attached hydrogens (tertiary/aromatic N) is 12. The molecule has 690 valence electrons. The second-order valence-corrected chi connectivity index (χ2v) is 35.3. The van der Waals surface area contributed by atoms with Gasteiger partial charge >= 0.3 is 7.12 Å². The van der Waals surface area contributed by atoms with Crippen molar-refractivity contribution in [1.82, 2.24) is 58.1 Å². The summed E-state index contributed by atoms with van der Waals surface area (Å²) in [6.45, 7) is 15.9. The van der Waals surface area contributed by atoms with E-state index in [-0.39, 0.29) is 72.8 Å². The minimum absolute atomic E-state index is 0.141. The Morgan fingerprint density at radius 3 is 0.940 bits per heavy atom. The maximum absolute atomic E-state index is 13.5. The Hall–Kier alpha value is -12.4. The van der Waals surface area contributed by atoms with Crippen LogP contribution in [0.2, 0.25) is 0 Å². The predicted octanol–water partition coefficient (Wildman–Crippen LogP) is 13.8. The Kier molecular flexibility index (Phi) is 28.7. The molecule has 0 saturated carbocycles. The van der Waals surface area contributed by atoms with Crippen LogP contribution in [-0.2, 0) is 52.8 Å². The highest BCUT2D eigenvalue weighted by Gasteiger charge is 2.52. The first kappa shape index (κ1) is 93.4. The van der Waals surface area contributed by atoms with Crippen molar-refractivity contribution >= 4 is 115 Å². The Bertz CT molecular complexity index is 6990. The minimum Gasteiger partial charge on any atom is -0.478 e. The number of halogens is 3. The first-order chi connectivity index (χ1) is 64.9. The van der Waals surface area contributed by atoms with E-state index in [4.69, 9.17) is 37.7 Å². The van der Waals surface area contributed by atoms with Crippen LogP contribution < -0.4 is 37.2 Å². The Morgan fingerprint density at radius 1 is 0.373 bits per heavy atom. The molecular formula is C102H102BBrF2N12O16.